The van der Waals surface area contributed by atoms with Gasteiger partial charge in [-0.3, -0.25) is 4.79 Å². The van der Waals surface area contributed by atoms with Crippen LogP contribution >= 0.6 is 23.2 Å². The molecule has 1 aromatic carbocycles. The molecule has 0 aliphatic carbocycles. The molecule has 3 aromatic heterocycles. The number of carbonyl (C=O) groups is 1. The van der Waals surface area contributed by atoms with Crippen LogP contribution in [0.4, 0.5) is 11.6 Å². The number of rotatable bonds is 4. The van der Waals surface area contributed by atoms with Gasteiger partial charge in [0, 0.05) is 24.2 Å². The third kappa shape index (κ3) is 3.30. The third-order valence-electron chi connectivity index (χ3n) is 3.89. The summed E-state index contributed by atoms with van der Waals surface area (Å²) >= 11 is 12.6. The lowest BCUT2D eigenvalue weighted by Crippen LogP contribution is -2.11. The van der Waals surface area contributed by atoms with E-state index in [0.717, 1.165) is 5.39 Å². The smallest absolute Gasteiger partial charge is 0.248 e. The Bertz CT molecular complexity index is 1150. The minimum Gasteiger partial charge on any atom is -0.366 e. The van der Waals surface area contributed by atoms with Crippen molar-refractivity contribution in [3.05, 3.63) is 70.6 Å². The molecular weight excluding hydrogens is 387 g/mol. The predicted molar refractivity (Wildman–Crippen MR) is 105 cm³/mol. The molecule has 0 spiro atoms. The van der Waals surface area contributed by atoms with Gasteiger partial charge in [0.25, 0.3) is 0 Å². The van der Waals surface area contributed by atoms with E-state index in [9.17, 15) is 4.79 Å². The number of hydrogen-bond acceptors (Lipinski definition) is 5. The molecule has 0 atom stereocenters. The van der Waals surface area contributed by atoms with Crippen LogP contribution in [0.2, 0.25) is 10.0 Å². The maximum absolute atomic E-state index is 11.4. The summed E-state index contributed by atoms with van der Waals surface area (Å²) in [6.45, 7) is 0. The number of benzene rings is 1. The van der Waals surface area contributed by atoms with Crippen molar-refractivity contribution >= 4 is 51.6 Å². The zero-order valence-corrected chi connectivity index (χ0v) is 15.2. The fraction of sp³-hybridized carbons (Fsp3) is 0. The molecule has 0 saturated heterocycles. The molecule has 0 aliphatic rings. The van der Waals surface area contributed by atoms with Crippen molar-refractivity contribution in [3.63, 3.8) is 0 Å². The molecule has 0 bridgehead atoms. The van der Waals surface area contributed by atoms with E-state index < -0.39 is 5.91 Å². The zero-order valence-electron chi connectivity index (χ0n) is 13.7. The number of nitrogens with zero attached hydrogens (tertiary/aromatic N) is 4. The number of primary amides is 1. The maximum atomic E-state index is 11.4. The second-order valence-electron chi connectivity index (χ2n) is 5.66. The van der Waals surface area contributed by atoms with Crippen LogP contribution in [-0.4, -0.2) is 25.7 Å². The maximum Gasteiger partial charge on any atom is 0.248 e. The zero-order chi connectivity index (χ0) is 19.0. The largest absolute Gasteiger partial charge is 0.366 e. The minimum atomic E-state index is -0.534. The van der Waals surface area contributed by atoms with Gasteiger partial charge < -0.3 is 11.1 Å². The lowest BCUT2D eigenvalue weighted by Gasteiger charge is -2.06. The van der Waals surface area contributed by atoms with E-state index in [1.807, 2.05) is 0 Å². The van der Waals surface area contributed by atoms with E-state index in [4.69, 9.17) is 28.9 Å². The molecule has 4 rings (SSSR count). The first-order valence-corrected chi connectivity index (χ1v) is 8.60. The molecule has 1 amide bonds. The Balaban J connectivity index is 1.78. The Kier molecular flexibility index (Phi) is 4.39. The fourth-order valence-corrected chi connectivity index (χ4v) is 3.21. The standard InChI is InChI=1S/C18H12Cl2N6O/c19-12-2-1-3-13(20)16(12)26-9-11-14(25-26)5-7-23-18(11)24-15-8-10(17(21)27)4-6-22-15/h1-9H,(H2,21,27)(H,22,23,24). The lowest BCUT2D eigenvalue weighted by molar-refractivity contribution is 0.1000. The molecule has 7 nitrogen and oxygen atoms in total. The van der Waals surface area contributed by atoms with E-state index in [0.29, 0.717) is 38.4 Å². The van der Waals surface area contributed by atoms with Crippen molar-refractivity contribution < 1.29 is 4.79 Å². The van der Waals surface area contributed by atoms with Gasteiger partial charge in [0.15, 0.2) is 0 Å². The summed E-state index contributed by atoms with van der Waals surface area (Å²) in [5.74, 6) is 0.429. The van der Waals surface area contributed by atoms with Crippen LogP contribution in [0.15, 0.2) is 55.0 Å². The molecule has 0 fully saturated rings. The van der Waals surface area contributed by atoms with Gasteiger partial charge >= 0.3 is 0 Å². The molecule has 134 valence electrons. The highest BCUT2D eigenvalue weighted by Gasteiger charge is 2.13. The van der Waals surface area contributed by atoms with Crippen LogP contribution in [0.25, 0.3) is 16.6 Å². The van der Waals surface area contributed by atoms with E-state index >= 15 is 0 Å². The summed E-state index contributed by atoms with van der Waals surface area (Å²) in [6, 6.07) is 10.1. The topological polar surface area (TPSA) is 98.7 Å². The van der Waals surface area contributed by atoms with Crippen molar-refractivity contribution in [2.75, 3.05) is 5.32 Å². The van der Waals surface area contributed by atoms with Crippen LogP contribution < -0.4 is 11.1 Å². The Labute approximate surface area is 163 Å². The fourth-order valence-electron chi connectivity index (χ4n) is 2.64. The van der Waals surface area contributed by atoms with Gasteiger partial charge in [-0.25, -0.2) is 14.6 Å². The number of anilines is 2. The number of fused-ring (bicyclic) bond motifs is 1. The highest BCUT2D eigenvalue weighted by Crippen LogP contribution is 2.30. The van der Waals surface area contributed by atoms with Crippen LogP contribution in [-0.2, 0) is 0 Å². The molecule has 0 radical (unpaired) electrons. The molecule has 27 heavy (non-hydrogen) atoms. The van der Waals surface area contributed by atoms with E-state index in [2.05, 4.69) is 20.4 Å². The van der Waals surface area contributed by atoms with Crippen LogP contribution in [0.5, 0.6) is 0 Å². The highest BCUT2D eigenvalue weighted by atomic mass is 35.5. The molecule has 9 heteroatoms. The number of aromatic nitrogens is 4. The predicted octanol–water partition coefficient (Wildman–Crippen LogP) is 3.96. The summed E-state index contributed by atoms with van der Waals surface area (Å²) in [6.07, 6.45) is 4.89. The highest BCUT2D eigenvalue weighted by molar-refractivity contribution is 6.37. The first kappa shape index (κ1) is 17.3. The monoisotopic (exact) mass is 398 g/mol. The van der Waals surface area contributed by atoms with Gasteiger partial charge in [-0.05, 0) is 30.3 Å². The number of nitrogens with one attached hydrogen (secondary N) is 1. The van der Waals surface area contributed by atoms with Crippen molar-refractivity contribution in [1.82, 2.24) is 19.7 Å². The van der Waals surface area contributed by atoms with Crippen molar-refractivity contribution in [2.24, 2.45) is 5.73 Å². The molecule has 3 N–H and O–H groups in total. The summed E-state index contributed by atoms with van der Waals surface area (Å²) < 4.78 is 1.61. The first-order valence-electron chi connectivity index (χ1n) is 7.84. The first-order chi connectivity index (χ1) is 13.0. The van der Waals surface area contributed by atoms with Crippen molar-refractivity contribution in [3.8, 4) is 5.69 Å². The Hall–Kier alpha value is -3.16. The average molecular weight is 399 g/mol. The van der Waals surface area contributed by atoms with Gasteiger partial charge in [0.2, 0.25) is 5.91 Å². The molecular formula is C18H12Cl2N6O. The van der Waals surface area contributed by atoms with E-state index in [1.165, 1.54) is 6.20 Å². The van der Waals surface area contributed by atoms with Crippen molar-refractivity contribution in [1.29, 1.82) is 0 Å². The van der Waals surface area contributed by atoms with Crippen molar-refractivity contribution in [2.45, 2.75) is 0 Å². The molecule has 0 aliphatic heterocycles. The van der Waals surface area contributed by atoms with Gasteiger partial charge in [-0.1, -0.05) is 29.3 Å². The molecule has 4 aromatic rings. The molecule has 0 unspecified atom stereocenters. The number of halogens is 2. The van der Waals surface area contributed by atoms with Crippen LogP contribution in [0.1, 0.15) is 10.4 Å². The molecule has 3 heterocycles. The summed E-state index contributed by atoms with van der Waals surface area (Å²) in [7, 11) is 0. The van der Waals surface area contributed by atoms with Crippen LogP contribution in [0, 0.1) is 0 Å². The number of hydrogen-bond donors (Lipinski definition) is 2. The van der Waals surface area contributed by atoms with Gasteiger partial charge in [0.1, 0.15) is 17.3 Å². The number of para-hydroxylation sites is 1. The minimum absolute atomic E-state index is 0.346. The Morgan fingerprint density at radius 2 is 1.81 bits per heavy atom. The second-order valence-corrected chi connectivity index (χ2v) is 6.47. The number of nitrogens with two attached hydrogens (primary N) is 1. The number of pyridine rings is 2. The lowest BCUT2D eigenvalue weighted by atomic mass is 10.2. The van der Waals surface area contributed by atoms with Gasteiger partial charge in [0.05, 0.1) is 20.9 Å². The SMILES string of the molecule is NC(=O)c1ccnc(Nc2nccc3nn(-c4c(Cl)cccc4Cl)cc23)c1. The second kappa shape index (κ2) is 6.86. The normalized spacial score (nSPS) is 10.9. The third-order valence-corrected chi connectivity index (χ3v) is 4.50. The summed E-state index contributed by atoms with van der Waals surface area (Å²) in [5, 5.41) is 9.31. The summed E-state index contributed by atoms with van der Waals surface area (Å²) in [5.41, 5.74) is 6.93. The van der Waals surface area contributed by atoms with Gasteiger partial charge in [-0.2, -0.15) is 5.10 Å². The van der Waals surface area contributed by atoms with Crippen LogP contribution in [0.3, 0.4) is 0 Å². The van der Waals surface area contributed by atoms with E-state index in [-0.39, 0.29) is 0 Å². The average Bonchev–Trinajstić information content (AvgIpc) is 3.06. The summed E-state index contributed by atoms with van der Waals surface area (Å²) in [4.78, 5) is 19.9. The number of amides is 1. The quantitative estimate of drug-likeness (QED) is 0.541. The number of carbonyl (C=O) groups excluding carboxylic acids is 1. The Morgan fingerprint density at radius 3 is 2.56 bits per heavy atom. The van der Waals surface area contributed by atoms with Gasteiger partial charge in [-0.15, -0.1) is 0 Å². The molecule has 0 saturated carbocycles. The van der Waals surface area contributed by atoms with E-state index in [1.54, 1.807) is 53.5 Å². The Morgan fingerprint density at radius 1 is 1.07 bits per heavy atom.